The summed E-state index contributed by atoms with van der Waals surface area (Å²) in [6, 6.07) is 1.70. The van der Waals surface area contributed by atoms with Crippen LogP contribution < -0.4 is 15.0 Å². The molecule has 0 radical (unpaired) electrons. The fourth-order valence-electron chi connectivity index (χ4n) is 4.24. The monoisotopic (exact) mass is 497 g/mol. The molecule has 0 spiro atoms. The average molecular weight is 498 g/mol. The van der Waals surface area contributed by atoms with E-state index in [-0.39, 0.29) is 35.2 Å². The number of anilines is 1. The zero-order valence-electron chi connectivity index (χ0n) is 20.6. The Hall–Kier alpha value is -2.30. The molecule has 0 aliphatic carbocycles. The van der Waals surface area contributed by atoms with E-state index in [1.54, 1.807) is 4.90 Å². The van der Waals surface area contributed by atoms with Crippen molar-refractivity contribution in [3.63, 3.8) is 0 Å². The minimum Gasteiger partial charge on any atom is -0.491 e. The van der Waals surface area contributed by atoms with E-state index in [1.165, 1.54) is 6.07 Å². The molecule has 0 unspecified atom stereocenters. The van der Waals surface area contributed by atoms with Crippen molar-refractivity contribution in [1.82, 2.24) is 20.1 Å². The molecule has 190 valence electrons. The van der Waals surface area contributed by atoms with Crippen molar-refractivity contribution in [2.24, 2.45) is 0 Å². The molecule has 2 fully saturated rings. The number of amides is 1. The fourth-order valence-corrected chi connectivity index (χ4v) is 4.42. The first kappa shape index (κ1) is 26.3. The summed E-state index contributed by atoms with van der Waals surface area (Å²) >= 11 is 6.27. The van der Waals surface area contributed by atoms with Crippen LogP contribution in [0, 0.1) is 0 Å². The topological polar surface area (TPSA) is 107 Å². The van der Waals surface area contributed by atoms with Gasteiger partial charge < -0.3 is 34.6 Å². The van der Waals surface area contributed by atoms with Crippen molar-refractivity contribution in [2.45, 2.75) is 51.3 Å². The van der Waals surface area contributed by atoms with Gasteiger partial charge in [-0.3, -0.25) is 0 Å². The number of hydrogen-bond acceptors (Lipinski definition) is 8. The van der Waals surface area contributed by atoms with Crippen molar-refractivity contribution in [2.75, 3.05) is 58.3 Å². The molecule has 34 heavy (non-hydrogen) atoms. The number of piperazine rings is 1. The first-order valence-corrected chi connectivity index (χ1v) is 12.0. The van der Waals surface area contributed by atoms with Crippen LogP contribution in [-0.2, 0) is 4.74 Å². The van der Waals surface area contributed by atoms with E-state index in [4.69, 9.17) is 21.1 Å². The van der Waals surface area contributed by atoms with Gasteiger partial charge in [-0.1, -0.05) is 11.6 Å². The van der Waals surface area contributed by atoms with Gasteiger partial charge in [-0.2, -0.15) is 0 Å². The number of carbonyl (C=O) groups is 2. The highest BCUT2D eigenvalue weighted by Crippen LogP contribution is 2.33. The van der Waals surface area contributed by atoms with Crippen LogP contribution in [0.25, 0.3) is 0 Å². The van der Waals surface area contributed by atoms with Gasteiger partial charge in [-0.05, 0) is 47.7 Å². The Morgan fingerprint density at radius 1 is 1.26 bits per heavy atom. The zero-order chi connectivity index (χ0) is 25.0. The molecule has 1 aromatic heterocycles. The average Bonchev–Trinajstić information content (AvgIpc) is 2.76. The molecule has 2 aliphatic rings. The van der Waals surface area contributed by atoms with Gasteiger partial charge in [0, 0.05) is 44.8 Å². The molecule has 3 rings (SSSR count). The number of aromatic carboxylic acids is 1. The fraction of sp³-hybridized carbons (Fsp3) is 0.696. The zero-order valence-corrected chi connectivity index (χ0v) is 21.4. The standard InChI is InChI=1S/C23H36ClN5O5/c1-23(2,3)34-22(32)29-11-8-25-15(13-29)14-33-17-12-18(24)26-20(19(17)21(30)31)28-9-6-16(7-10-28)27(4)5/h12,15-16,25H,6-11,13-14H2,1-5H3,(H,30,31)/t15-/m1/s1. The number of hydrogen-bond donors (Lipinski definition) is 2. The van der Waals surface area contributed by atoms with Gasteiger partial charge in [-0.25, -0.2) is 14.6 Å². The first-order valence-electron chi connectivity index (χ1n) is 11.6. The van der Waals surface area contributed by atoms with Gasteiger partial charge in [0.1, 0.15) is 34.5 Å². The van der Waals surface area contributed by atoms with E-state index in [0.29, 0.717) is 44.6 Å². The lowest BCUT2D eigenvalue weighted by Gasteiger charge is -2.36. The third kappa shape index (κ3) is 6.86. The predicted molar refractivity (Wildman–Crippen MR) is 130 cm³/mol. The normalized spacial score (nSPS) is 19.9. The van der Waals surface area contributed by atoms with E-state index in [9.17, 15) is 14.7 Å². The summed E-state index contributed by atoms with van der Waals surface area (Å²) in [5.74, 6) is -0.608. The van der Waals surface area contributed by atoms with Gasteiger partial charge in [-0.15, -0.1) is 0 Å². The molecule has 2 aliphatic heterocycles. The minimum atomic E-state index is -1.11. The Balaban J connectivity index is 1.71. The van der Waals surface area contributed by atoms with Gasteiger partial charge in [0.15, 0.2) is 0 Å². The third-order valence-electron chi connectivity index (χ3n) is 5.99. The van der Waals surface area contributed by atoms with Crippen molar-refractivity contribution in [3.8, 4) is 5.75 Å². The molecular weight excluding hydrogens is 462 g/mol. The van der Waals surface area contributed by atoms with Crippen LogP contribution in [0.4, 0.5) is 10.6 Å². The number of nitrogens with one attached hydrogen (secondary N) is 1. The highest BCUT2D eigenvalue weighted by Gasteiger charge is 2.30. The second-order valence-electron chi connectivity index (χ2n) is 10.0. The molecule has 2 N–H and O–H groups in total. The van der Waals surface area contributed by atoms with E-state index < -0.39 is 11.6 Å². The number of nitrogens with zero attached hydrogens (tertiary/aromatic N) is 4. The number of pyridine rings is 1. The molecule has 1 amide bonds. The molecule has 1 atom stereocenters. The van der Waals surface area contributed by atoms with Crippen molar-refractivity contribution in [3.05, 3.63) is 16.8 Å². The Morgan fingerprint density at radius 2 is 1.94 bits per heavy atom. The number of aromatic nitrogens is 1. The Kier molecular flexibility index (Phi) is 8.48. The SMILES string of the molecule is CN(C)C1CCN(c2nc(Cl)cc(OC[C@H]3CN(C(=O)OC(C)(C)C)CCN3)c2C(=O)O)CC1. The van der Waals surface area contributed by atoms with Crippen LogP contribution in [0.15, 0.2) is 6.07 Å². The van der Waals surface area contributed by atoms with Crippen LogP contribution in [0.3, 0.4) is 0 Å². The summed E-state index contributed by atoms with van der Waals surface area (Å²) < 4.78 is 11.4. The lowest BCUT2D eigenvalue weighted by molar-refractivity contribution is 0.0178. The van der Waals surface area contributed by atoms with E-state index in [1.807, 2.05) is 25.7 Å². The smallest absolute Gasteiger partial charge is 0.410 e. The van der Waals surface area contributed by atoms with Crippen molar-refractivity contribution in [1.29, 1.82) is 0 Å². The maximum absolute atomic E-state index is 12.4. The first-order chi connectivity index (χ1) is 15.9. The lowest BCUT2D eigenvalue weighted by Crippen LogP contribution is -2.55. The van der Waals surface area contributed by atoms with Crippen LogP contribution >= 0.6 is 11.6 Å². The summed E-state index contributed by atoms with van der Waals surface area (Å²) in [5, 5.41) is 13.5. The Labute approximate surface area is 206 Å². The number of halogens is 1. The molecule has 0 aromatic carbocycles. The maximum Gasteiger partial charge on any atom is 0.410 e. The van der Waals surface area contributed by atoms with Crippen LogP contribution in [0.5, 0.6) is 5.75 Å². The van der Waals surface area contributed by atoms with E-state index in [2.05, 4.69) is 29.3 Å². The third-order valence-corrected chi connectivity index (χ3v) is 6.18. The minimum absolute atomic E-state index is 0.00695. The van der Waals surface area contributed by atoms with Gasteiger partial charge in [0.2, 0.25) is 0 Å². The molecule has 3 heterocycles. The number of carboxylic acids is 1. The molecule has 2 saturated heterocycles. The number of rotatable bonds is 6. The summed E-state index contributed by atoms with van der Waals surface area (Å²) in [6.45, 7) is 8.53. The molecule has 11 heteroatoms. The largest absolute Gasteiger partial charge is 0.491 e. The molecule has 0 bridgehead atoms. The summed E-state index contributed by atoms with van der Waals surface area (Å²) in [5.41, 5.74) is -0.567. The lowest BCUT2D eigenvalue weighted by atomic mass is 10.0. The second-order valence-corrected chi connectivity index (χ2v) is 10.4. The number of carboxylic acid groups (broad SMARTS) is 1. The van der Waals surface area contributed by atoms with Crippen LogP contribution in [0.1, 0.15) is 44.0 Å². The van der Waals surface area contributed by atoms with Gasteiger partial charge in [0.25, 0.3) is 0 Å². The highest BCUT2D eigenvalue weighted by atomic mass is 35.5. The van der Waals surface area contributed by atoms with Crippen molar-refractivity contribution >= 4 is 29.5 Å². The quantitative estimate of drug-likeness (QED) is 0.573. The highest BCUT2D eigenvalue weighted by molar-refractivity contribution is 6.29. The van der Waals surface area contributed by atoms with Crippen LogP contribution in [0.2, 0.25) is 5.15 Å². The van der Waals surface area contributed by atoms with Gasteiger partial charge >= 0.3 is 12.1 Å². The predicted octanol–water partition coefficient (Wildman–Crippen LogP) is 2.55. The number of ether oxygens (including phenoxy) is 2. The summed E-state index contributed by atoms with van der Waals surface area (Å²) in [7, 11) is 4.10. The molecule has 1 aromatic rings. The summed E-state index contributed by atoms with van der Waals surface area (Å²) in [4.78, 5) is 34.8. The molecule has 10 nitrogen and oxygen atoms in total. The molecule has 0 saturated carbocycles. The Morgan fingerprint density at radius 3 is 2.53 bits per heavy atom. The van der Waals surface area contributed by atoms with Crippen molar-refractivity contribution < 1.29 is 24.2 Å². The summed E-state index contributed by atoms with van der Waals surface area (Å²) in [6.07, 6.45) is 1.44. The van der Waals surface area contributed by atoms with E-state index in [0.717, 1.165) is 12.8 Å². The number of piperidine rings is 1. The number of carbonyl (C=O) groups excluding carboxylic acids is 1. The van der Waals surface area contributed by atoms with Gasteiger partial charge in [0.05, 0.1) is 6.04 Å². The maximum atomic E-state index is 12.4. The second kappa shape index (κ2) is 11.0. The van der Waals surface area contributed by atoms with E-state index >= 15 is 0 Å². The van der Waals surface area contributed by atoms with Crippen LogP contribution in [-0.4, -0.2) is 103 Å². The molecular formula is C23H36ClN5O5. The Bertz CT molecular complexity index is 883.